The van der Waals surface area contributed by atoms with Crippen LogP contribution in [0.25, 0.3) is 11.0 Å². The van der Waals surface area contributed by atoms with E-state index in [1.807, 2.05) is 45.0 Å². The van der Waals surface area contributed by atoms with Gasteiger partial charge < -0.3 is 19.1 Å². The van der Waals surface area contributed by atoms with Crippen LogP contribution in [0.2, 0.25) is 0 Å². The lowest BCUT2D eigenvalue weighted by Gasteiger charge is -2.28. The Kier molecular flexibility index (Phi) is 5.15. The normalized spacial score (nSPS) is 17.4. The van der Waals surface area contributed by atoms with Crippen molar-refractivity contribution in [2.24, 2.45) is 0 Å². The van der Waals surface area contributed by atoms with E-state index < -0.39 is 5.60 Å². The molecule has 2 aromatic rings. The van der Waals surface area contributed by atoms with Crippen molar-refractivity contribution in [3.05, 3.63) is 24.3 Å². The third kappa shape index (κ3) is 4.15. The topological polar surface area (TPSA) is 73.8 Å². The van der Waals surface area contributed by atoms with Crippen molar-refractivity contribution >= 4 is 17.1 Å². The van der Waals surface area contributed by atoms with Crippen LogP contribution in [0.1, 0.15) is 33.6 Å². The zero-order valence-corrected chi connectivity index (χ0v) is 15.7. The molecule has 0 radical (unpaired) electrons. The van der Waals surface area contributed by atoms with E-state index in [4.69, 9.17) is 14.2 Å². The van der Waals surface area contributed by atoms with E-state index in [1.165, 1.54) is 7.11 Å². The smallest absolute Gasteiger partial charge is 0.410 e. The molecule has 0 N–H and O–H groups in total. The summed E-state index contributed by atoms with van der Waals surface area (Å²) in [5.41, 5.74) is 0.963. The monoisotopic (exact) mass is 359 g/mol. The summed E-state index contributed by atoms with van der Waals surface area (Å²) in [5, 5.41) is 0. The molecular weight excluding hydrogens is 334 g/mol. The van der Waals surface area contributed by atoms with Crippen LogP contribution in [0.5, 0.6) is 11.8 Å². The maximum atomic E-state index is 12.4. The largest absolute Gasteiger partial charge is 0.477 e. The molecule has 140 valence electrons. The summed E-state index contributed by atoms with van der Waals surface area (Å²) in [5.74, 6) is 0.674. The number of rotatable bonds is 4. The van der Waals surface area contributed by atoms with Crippen LogP contribution in [0.3, 0.4) is 0 Å². The van der Waals surface area contributed by atoms with E-state index in [9.17, 15) is 4.79 Å². The van der Waals surface area contributed by atoms with Crippen molar-refractivity contribution in [1.82, 2.24) is 14.9 Å². The lowest BCUT2D eigenvalue weighted by Crippen LogP contribution is -2.42. The van der Waals surface area contributed by atoms with Gasteiger partial charge in [-0.2, -0.15) is 0 Å². The highest BCUT2D eigenvalue weighted by molar-refractivity contribution is 5.75. The number of fused-ring (bicyclic) bond motifs is 1. The summed E-state index contributed by atoms with van der Waals surface area (Å²) < 4.78 is 16.7. The van der Waals surface area contributed by atoms with Gasteiger partial charge in [0.25, 0.3) is 11.8 Å². The van der Waals surface area contributed by atoms with E-state index in [-0.39, 0.29) is 12.1 Å². The van der Waals surface area contributed by atoms with Crippen molar-refractivity contribution in [1.29, 1.82) is 0 Å². The molecule has 1 aliphatic rings. The highest BCUT2D eigenvalue weighted by atomic mass is 16.6. The fourth-order valence-corrected chi connectivity index (χ4v) is 2.94. The zero-order valence-electron chi connectivity index (χ0n) is 15.7. The summed E-state index contributed by atoms with van der Waals surface area (Å²) in [6.45, 7) is 6.58. The predicted octanol–water partition coefficient (Wildman–Crippen LogP) is 3.42. The van der Waals surface area contributed by atoms with Crippen LogP contribution >= 0.6 is 0 Å². The van der Waals surface area contributed by atoms with Crippen LogP contribution in [0, 0.1) is 0 Å². The molecule has 1 amide bonds. The number of carbonyl (C=O) groups excluding carboxylic acids is 1. The van der Waals surface area contributed by atoms with Gasteiger partial charge in [-0.15, -0.1) is 0 Å². The first-order valence-electron chi connectivity index (χ1n) is 8.80. The standard InChI is InChI=1S/C19H25N3O4/c1-19(2,3)26-18(23)22-11-7-8-13(22)12-25-17-16(24-4)20-14-9-5-6-10-15(14)21-17/h5-6,9-10,13H,7-8,11-12H2,1-4H3/t13-/m1/s1. The minimum Gasteiger partial charge on any atom is -0.477 e. The molecule has 1 aromatic carbocycles. The fourth-order valence-electron chi connectivity index (χ4n) is 2.94. The summed E-state index contributed by atoms with van der Waals surface area (Å²) in [6, 6.07) is 7.48. The number of amides is 1. The summed E-state index contributed by atoms with van der Waals surface area (Å²) >= 11 is 0. The van der Waals surface area contributed by atoms with Gasteiger partial charge in [-0.05, 0) is 45.7 Å². The second kappa shape index (κ2) is 7.35. The summed E-state index contributed by atoms with van der Waals surface area (Å²) in [6.07, 6.45) is 1.48. The van der Waals surface area contributed by atoms with E-state index in [0.29, 0.717) is 24.9 Å². The minimum atomic E-state index is -0.516. The molecule has 0 unspecified atom stereocenters. The molecule has 0 aliphatic carbocycles. The van der Waals surface area contributed by atoms with Crippen molar-refractivity contribution in [3.8, 4) is 11.8 Å². The molecule has 7 heteroatoms. The van der Waals surface area contributed by atoms with E-state index in [1.54, 1.807) is 4.90 Å². The number of carbonyl (C=O) groups is 1. The van der Waals surface area contributed by atoms with Crippen LogP contribution in [-0.2, 0) is 4.74 Å². The Morgan fingerprint density at radius 2 is 1.85 bits per heavy atom. The average Bonchev–Trinajstić information content (AvgIpc) is 3.06. The number of hydrogen-bond donors (Lipinski definition) is 0. The van der Waals surface area contributed by atoms with Gasteiger partial charge in [-0.1, -0.05) is 12.1 Å². The first kappa shape index (κ1) is 18.2. The molecule has 0 spiro atoms. The van der Waals surface area contributed by atoms with Crippen molar-refractivity contribution in [2.45, 2.75) is 45.3 Å². The maximum Gasteiger partial charge on any atom is 0.410 e. The molecule has 1 fully saturated rings. The maximum absolute atomic E-state index is 12.4. The Bertz CT molecular complexity index is 788. The number of benzene rings is 1. The minimum absolute atomic E-state index is 0.0529. The predicted molar refractivity (Wildman–Crippen MR) is 97.5 cm³/mol. The van der Waals surface area contributed by atoms with Gasteiger partial charge in [0, 0.05) is 6.54 Å². The van der Waals surface area contributed by atoms with Gasteiger partial charge in [-0.25, -0.2) is 14.8 Å². The highest BCUT2D eigenvalue weighted by Gasteiger charge is 2.33. The van der Waals surface area contributed by atoms with Crippen LogP contribution in [0.15, 0.2) is 24.3 Å². The number of para-hydroxylation sites is 2. The molecule has 1 aliphatic heterocycles. The molecule has 0 saturated carbocycles. The Morgan fingerprint density at radius 3 is 2.46 bits per heavy atom. The first-order valence-corrected chi connectivity index (χ1v) is 8.80. The zero-order chi connectivity index (χ0) is 18.7. The van der Waals surface area contributed by atoms with Crippen molar-refractivity contribution in [2.75, 3.05) is 20.3 Å². The lowest BCUT2D eigenvalue weighted by atomic mass is 10.2. The molecule has 3 rings (SSSR count). The second-order valence-corrected chi connectivity index (χ2v) is 7.31. The molecule has 1 saturated heterocycles. The molecule has 7 nitrogen and oxygen atoms in total. The fraction of sp³-hybridized carbons (Fsp3) is 0.526. The quantitative estimate of drug-likeness (QED) is 0.833. The van der Waals surface area contributed by atoms with E-state index >= 15 is 0 Å². The molecule has 2 heterocycles. The van der Waals surface area contributed by atoms with Crippen LogP contribution in [-0.4, -0.2) is 52.9 Å². The van der Waals surface area contributed by atoms with Crippen molar-refractivity contribution in [3.63, 3.8) is 0 Å². The number of aromatic nitrogens is 2. The Balaban J connectivity index is 1.71. The van der Waals surface area contributed by atoms with Crippen molar-refractivity contribution < 1.29 is 19.0 Å². The van der Waals surface area contributed by atoms with Gasteiger partial charge >= 0.3 is 6.09 Å². The van der Waals surface area contributed by atoms with Gasteiger partial charge in [0.1, 0.15) is 12.2 Å². The molecular formula is C19H25N3O4. The number of methoxy groups -OCH3 is 1. The first-order chi connectivity index (χ1) is 12.4. The molecule has 1 atom stereocenters. The molecule has 0 bridgehead atoms. The number of likely N-dealkylation sites (tertiary alicyclic amines) is 1. The molecule has 26 heavy (non-hydrogen) atoms. The molecule has 1 aromatic heterocycles. The summed E-state index contributed by atoms with van der Waals surface area (Å²) in [7, 11) is 1.54. The van der Waals surface area contributed by atoms with E-state index in [2.05, 4.69) is 9.97 Å². The highest BCUT2D eigenvalue weighted by Crippen LogP contribution is 2.27. The van der Waals surface area contributed by atoms with Crippen LogP contribution < -0.4 is 9.47 Å². The number of hydrogen-bond acceptors (Lipinski definition) is 6. The number of ether oxygens (including phenoxy) is 3. The summed E-state index contributed by atoms with van der Waals surface area (Å²) in [4.78, 5) is 23.0. The lowest BCUT2D eigenvalue weighted by molar-refractivity contribution is 0.0185. The Hall–Kier alpha value is -2.57. The third-order valence-corrected chi connectivity index (χ3v) is 4.12. The van der Waals surface area contributed by atoms with Gasteiger partial charge in [0.2, 0.25) is 0 Å². The second-order valence-electron chi connectivity index (χ2n) is 7.31. The Morgan fingerprint density at radius 1 is 1.19 bits per heavy atom. The van der Waals surface area contributed by atoms with Gasteiger partial charge in [0.05, 0.1) is 24.2 Å². The third-order valence-electron chi connectivity index (χ3n) is 4.12. The Labute approximate surface area is 153 Å². The van der Waals surface area contributed by atoms with E-state index in [0.717, 1.165) is 23.9 Å². The van der Waals surface area contributed by atoms with Gasteiger partial charge in [0.15, 0.2) is 0 Å². The van der Waals surface area contributed by atoms with Crippen LogP contribution in [0.4, 0.5) is 4.79 Å². The van der Waals surface area contributed by atoms with Gasteiger partial charge in [-0.3, -0.25) is 0 Å². The average molecular weight is 359 g/mol. The SMILES string of the molecule is COc1nc2ccccc2nc1OC[C@H]1CCCN1C(=O)OC(C)(C)C. The number of nitrogens with zero attached hydrogens (tertiary/aromatic N) is 3.